The van der Waals surface area contributed by atoms with Crippen LogP contribution in [-0.4, -0.2) is 29.9 Å². The molecule has 1 saturated heterocycles. The highest BCUT2D eigenvalue weighted by Crippen LogP contribution is 2.25. The molecule has 1 N–H and O–H groups in total. The van der Waals surface area contributed by atoms with Gasteiger partial charge in [-0.1, -0.05) is 50.2 Å². The van der Waals surface area contributed by atoms with Gasteiger partial charge < -0.3 is 10.2 Å². The van der Waals surface area contributed by atoms with Crippen molar-refractivity contribution in [3.63, 3.8) is 0 Å². The fourth-order valence-electron chi connectivity index (χ4n) is 3.76. The van der Waals surface area contributed by atoms with Gasteiger partial charge in [-0.15, -0.1) is 0 Å². The van der Waals surface area contributed by atoms with Crippen LogP contribution in [0.1, 0.15) is 27.2 Å². The Hall–Kier alpha value is -2.03. The molecule has 0 aromatic heterocycles. The molecule has 3 heteroatoms. The third-order valence-electron chi connectivity index (χ3n) is 4.71. The fourth-order valence-corrected chi connectivity index (χ4v) is 3.76. The van der Waals surface area contributed by atoms with Gasteiger partial charge in [0.1, 0.15) is 6.04 Å². The third kappa shape index (κ3) is 3.49. The van der Waals surface area contributed by atoms with Crippen molar-refractivity contribution < 1.29 is 4.79 Å². The zero-order chi connectivity index (χ0) is 16.4. The number of benzene rings is 2. The fraction of sp³-hybridized carbons (Fsp3) is 0.450. The molecule has 0 unspecified atom stereocenters. The number of fused-ring (bicyclic) bond motifs is 1. The lowest BCUT2D eigenvalue weighted by Gasteiger charge is -2.36. The van der Waals surface area contributed by atoms with Gasteiger partial charge in [0.15, 0.2) is 0 Å². The highest BCUT2D eigenvalue weighted by Gasteiger charge is 2.28. The maximum Gasteiger partial charge on any atom is 0.244 e. The van der Waals surface area contributed by atoms with Crippen LogP contribution in [0.25, 0.3) is 10.8 Å². The minimum atomic E-state index is -0.210. The molecule has 2 aromatic rings. The number of anilines is 1. The van der Waals surface area contributed by atoms with Gasteiger partial charge in [0.2, 0.25) is 5.91 Å². The van der Waals surface area contributed by atoms with Gasteiger partial charge in [-0.3, -0.25) is 4.79 Å². The molecule has 0 spiro atoms. The average Bonchev–Trinajstić information content (AvgIpc) is 2.53. The van der Waals surface area contributed by atoms with Crippen LogP contribution in [0.3, 0.4) is 0 Å². The lowest BCUT2D eigenvalue weighted by molar-refractivity contribution is -0.134. The molecule has 0 saturated carbocycles. The third-order valence-corrected chi connectivity index (χ3v) is 4.71. The first-order valence-electron chi connectivity index (χ1n) is 8.57. The summed E-state index contributed by atoms with van der Waals surface area (Å²) in [6.07, 6.45) is 1.22. The van der Waals surface area contributed by atoms with Gasteiger partial charge in [-0.05, 0) is 36.6 Å². The van der Waals surface area contributed by atoms with E-state index in [9.17, 15) is 4.79 Å². The van der Waals surface area contributed by atoms with E-state index in [1.165, 1.54) is 11.8 Å². The van der Waals surface area contributed by atoms with E-state index >= 15 is 0 Å². The molecule has 1 aliphatic heterocycles. The quantitative estimate of drug-likeness (QED) is 0.924. The van der Waals surface area contributed by atoms with Gasteiger partial charge in [-0.2, -0.15) is 0 Å². The summed E-state index contributed by atoms with van der Waals surface area (Å²) >= 11 is 0. The molecule has 3 rings (SSSR count). The smallest absolute Gasteiger partial charge is 0.244 e. The van der Waals surface area contributed by atoms with E-state index in [0.717, 1.165) is 24.2 Å². The highest BCUT2D eigenvalue weighted by molar-refractivity contribution is 5.95. The predicted molar refractivity (Wildman–Crippen MR) is 96.6 cm³/mol. The number of hydrogen-bond donors (Lipinski definition) is 1. The first kappa shape index (κ1) is 15.9. The summed E-state index contributed by atoms with van der Waals surface area (Å²) in [5, 5.41) is 5.77. The molecule has 1 heterocycles. The van der Waals surface area contributed by atoms with Crippen LogP contribution < -0.4 is 5.32 Å². The Morgan fingerprint density at radius 1 is 1.09 bits per heavy atom. The second kappa shape index (κ2) is 6.61. The molecule has 0 bridgehead atoms. The van der Waals surface area contributed by atoms with Gasteiger partial charge in [0.05, 0.1) is 0 Å². The number of nitrogens with zero attached hydrogens (tertiary/aromatic N) is 1. The number of amides is 1. The number of piperidine rings is 1. The minimum absolute atomic E-state index is 0.205. The number of nitrogens with one attached hydrogen (secondary N) is 1. The van der Waals surface area contributed by atoms with E-state index < -0.39 is 0 Å². The van der Waals surface area contributed by atoms with Crippen molar-refractivity contribution >= 4 is 22.4 Å². The summed E-state index contributed by atoms with van der Waals surface area (Å²) < 4.78 is 0. The molecule has 3 nitrogen and oxygen atoms in total. The molecular formula is C20H26N2O. The summed E-state index contributed by atoms with van der Waals surface area (Å²) in [6, 6.07) is 14.2. The van der Waals surface area contributed by atoms with E-state index in [1.807, 2.05) is 36.1 Å². The van der Waals surface area contributed by atoms with Crippen molar-refractivity contribution in [1.82, 2.24) is 4.90 Å². The predicted octanol–water partition coefficient (Wildman–Crippen LogP) is 4.14. The Balaban J connectivity index is 1.75. The van der Waals surface area contributed by atoms with E-state index in [-0.39, 0.29) is 11.9 Å². The molecule has 122 valence electrons. The van der Waals surface area contributed by atoms with Gasteiger partial charge in [0, 0.05) is 24.2 Å². The maximum absolute atomic E-state index is 12.8. The van der Waals surface area contributed by atoms with Crippen LogP contribution >= 0.6 is 0 Å². The van der Waals surface area contributed by atoms with Crippen LogP contribution in [-0.2, 0) is 4.79 Å². The second-order valence-corrected chi connectivity index (χ2v) is 7.08. The lowest BCUT2D eigenvalue weighted by Crippen LogP contribution is -2.48. The highest BCUT2D eigenvalue weighted by atomic mass is 16.2. The Morgan fingerprint density at radius 3 is 2.48 bits per heavy atom. The molecule has 1 fully saturated rings. The van der Waals surface area contributed by atoms with Crippen molar-refractivity contribution in [3.05, 3.63) is 42.5 Å². The van der Waals surface area contributed by atoms with Gasteiger partial charge in [-0.25, -0.2) is 0 Å². The normalized spacial score (nSPS) is 22.8. The Bertz CT molecular complexity index is 682. The molecule has 1 amide bonds. The van der Waals surface area contributed by atoms with E-state index in [1.54, 1.807) is 0 Å². The zero-order valence-electron chi connectivity index (χ0n) is 14.3. The number of rotatable bonds is 3. The van der Waals surface area contributed by atoms with Crippen molar-refractivity contribution in [2.75, 3.05) is 18.4 Å². The van der Waals surface area contributed by atoms with Crippen LogP contribution in [0.15, 0.2) is 42.5 Å². The summed E-state index contributed by atoms with van der Waals surface area (Å²) in [4.78, 5) is 14.8. The molecule has 0 aliphatic carbocycles. The van der Waals surface area contributed by atoms with Crippen LogP contribution in [0.4, 0.5) is 5.69 Å². The molecular weight excluding hydrogens is 284 g/mol. The van der Waals surface area contributed by atoms with E-state index in [0.29, 0.717) is 11.8 Å². The van der Waals surface area contributed by atoms with Crippen LogP contribution in [0.5, 0.6) is 0 Å². The van der Waals surface area contributed by atoms with Crippen LogP contribution in [0.2, 0.25) is 0 Å². The lowest BCUT2D eigenvalue weighted by atomic mass is 9.91. The topological polar surface area (TPSA) is 32.3 Å². The number of carbonyl (C=O) groups is 1. The minimum Gasteiger partial charge on any atom is -0.373 e. The molecule has 1 aliphatic rings. The Kier molecular flexibility index (Phi) is 4.56. The monoisotopic (exact) mass is 310 g/mol. The second-order valence-electron chi connectivity index (χ2n) is 7.08. The molecule has 2 aromatic carbocycles. The van der Waals surface area contributed by atoms with Crippen molar-refractivity contribution in [3.8, 4) is 0 Å². The summed E-state index contributed by atoms with van der Waals surface area (Å²) in [6.45, 7) is 8.20. The van der Waals surface area contributed by atoms with Gasteiger partial charge in [0.25, 0.3) is 0 Å². The van der Waals surface area contributed by atoms with Crippen molar-refractivity contribution in [1.29, 1.82) is 0 Å². The van der Waals surface area contributed by atoms with Crippen molar-refractivity contribution in [2.45, 2.75) is 33.2 Å². The van der Waals surface area contributed by atoms with E-state index in [4.69, 9.17) is 0 Å². The number of carbonyl (C=O) groups excluding carboxylic acids is 1. The Morgan fingerprint density at radius 2 is 1.74 bits per heavy atom. The molecule has 0 radical (unpaired) electrons. The van der Waals surface area contributed by atoms with Gasteiger partial charge >= 0.3 is 0 Å². The number of likely N-dealkylation sites (tertiary alicyclic amines) is 1. The summed E-state index contributed by atoms with van der Waals surface area (Å²) in [5.41, 5.74) is 1.03. The largest absolute Gasteiger partial charge is 0.373 e. The van der Waals surface area contributed by atoms with Crippen molar-refractivity contribution in [2.24, 2.45) is 11.8 Å². The summed E-state index contributed by atoms with van der Waals surface area (Å²) in [5.74, 6) is 1.39. The van der Waals surface area contributed by atoms with E-state index in [2.05, 4.69) is 37.4 Å². The first-order valence-corrected chi connectivity index (χ1v) is 8.57. The summed E-state index contributed by atoms with van der Waals surface area (Å²) in [7, 11) is 0. The first-order chi connectivity index (χ1) is 11.0. The number of hydrogen-bond acceptors (Lipinski definition) is 2. The SMILES string of the molecule is C[C@@H]1C[C@@H](C)CN(C(=O)[C@@H](C)Nc2cccc3ccccc23)C1. The molecule has 23 heavy (non-hydrogen) atoms. The standard InChI is InChI=1S/C20H26N2O/c1-14-11-15(2)13-22(12-14)20(23)16(3)21-19-10-6-8-17-7-4-5-9-18(17)19/h4-10,14-16,21H,11-13H2,1-3H3/t14-,15-,16-/m1/s1. The maximum atomic E-state index is 12.8. The zero-order valence-corrected chi connectivity index (χ0v) is 14.3. The van der Waals surface area contributed by atoms with Crippen LogP contribution in [0, 0.1) is 11.8 Å². The Labute approximate surface area is 138 Å². The average molecular weight is 310 g/mol. The molecule has 3 atom stereocenters.